The summed E-state index contributed by atoms with van der Waals surface area (Å²) in [7, 11) is 2.13. The van der Waals surface area contributed by atoms with Crippen molar-refractivity contribution < 1.29 is 4.79 Å². The van der Waals surface area contributed by atoms with Gasteiger partial charge in [0.25, 0.3) is 0 Å². The average molecular weight is 369 g/mol. The summed E-state index contributed by atoms with van der Waals surface area (Å²) in [5.41, 5.74) is 4.40. The highest BCUT2D eigenvalue weighted by Gasteiger charge is 2.31. The summed E-state index contributed by atoms with van der Waals surface area (Å²) in [6.45, 7) is 11.9. The van der Waals surface area contributed by atoms with E-state index in [1.165, 1.54) is 5.56 Å². The van der Waals surface area contributed by atoms with Gasteiger partial charge in [0.05, 0.1) is 18.2 Å². The zero-order valence-corrected chi connectivity index (χ0v) is 17.3. The maximum atomic E-state index is 13.3. The average Bonchev–Trinajstić information content (AvgIpc) is 2.89. The number of hydrogen-bond donors (Lipinski definition) is 0. The summed E-state index contributed by atoms with van der Waals surface area (Å²) in [5, 5.41) is 4.68. The summed E-state index contributed by atoms with van der Waals surface area (Å²) in [6, 6.07) is 10.5. The van der Waals surface area contributed by atoms with Gasteiger partial charge in [-0.1, -0.05) is 44.2 Å². The first-order chi connectivity index (χ1) is 12.9. The number of rotatable bonds is 5. The van der Waals surface area contributed by atoms with Crippen LogP contribution in [0.15, 0.2) is 30.3 Å². The van der Waals surface area contributed by atoms with Crippen molar-refractivity contribution in [3.63, 3.8) is 0 Å². The number of piperazine rings is 1. The minimum Gasteiger partial charge on any atom is -0.333 e. The van der Waals surface area contributed by atoms with Crippen molar-refractivity contribution >= 4 is 5.91 Å². The van der Waals surface area contributed by atoms with Crippen LogP contribution in [0.2, 0.25) is 0 Å². The van der Waals surface area contributed by atoms with E-state index in [-0.39, 0.29) is 11.9 Å². The lowest BCUT2D eigenvalue weighted by Gasteiger charge is -2.40. The van der Waals surface area contributed by atoms with E-state index in [0.29, 0.717) is 12.3 Å². The van der Waals surface area contributed by atoms with Gasteiger partial charge in [-0.15, -0.1) is 0 Å². The van der Waals surface area contributed by atoms with E-state index in [9.17, 15) is 4.79 Å². The Balaban J connectivity index is 1.81. The molecule has 1 aliphatic heterocycles. The molecule has 2 aromatic rings. The molecule has 1 aliphatic rings. The van der Waals surface area contributed by atoms with E-state index >= 15 is 0 Å². The summed E-state index contributed by atoms with van der Waals surface area (Å²) >= 11 is 0. The fourth-order valence-corrected chi connectivity index (χ4v) is 3.94. The van der Waals surface area contributed by atoms with Crippen LogP contribution in [0.1, 0.15) is 42.4 Å². The number of likely N-dealkylation sites (N-methyl/N-ethyl adjacent to an activating group) is 1. The second-order valence-corrected chi connectivity index (χ2v) is 8.18. The first-order valence-electron chi connectivity index (χ1n) is 9.92. The second kappa shape index (κ2) is 8.26. The van der Waals surface area contributed by atoms with E-state index in [1.54, 1.807) is 0 Å². The van der Waals surface area contributed by atoms with Crippen molar-refractivity contribution in [3.8, 4) is 0 Å². The van der Waals surface area contributed by atoms with Gasteiger partial charge >= 0.3 is 0 Å². The van der Waals surface area contributed by atoms with Gasteiger partial charge in [-0.25, -0.2) is 0 Å². The Morgan fingerprint density at radius 3 is 2.56 bits per heavy atom. The molecule has 1 atom stereocenters. The Bertz CT molecular complexity index is 781. The zero-order valence-electron chi connectivity index (χ0n) is 17.3. The van der Waals surface area contributed by atoms with Crippen LogP contribution < -0.4 is 0 Å². The molecule has 3 rings (SSSR count). The second-order valence-electron chi connectivity index (χ2n) is 8.18. The number of aryl methyl sites for hydroxylation is 1. The van der Waals surface area contributed by atoms with Crippen molar-refractivity contribution in [1.29, 1.82) is 0 Å². The van der Waals surface area contributed by atoms with E-state index < -0.39 is 0 Å². The van der Waals surface area contributed by atoms with Crippen molar-refractivity contribution in [2.24, 2.45) is 5.92 Å². The van der Waals surface area contributed by atoms with Gasteiger partial charge < -0.3 is 9.80 Å². The molecular formula is C22H32N4O. The molecule has 1 saturated heterocycles. The molecule has 1 aromatic heterocycles. The minimum atomic E-state index is 0.115. The van der Waals surface area contributed by atoms with E-state index in [2.05, 4.69) is 71.7 Å². The van der Waals surface area contributed by atoms with Gasteiger partial charge in [0.15, 0.2) is 0 Å². The molecule has 1 amide bonds. The molecule has 0 saturated carbocycles. The van der Waals surface area contributed by atoms with Crippen LogP contribution in [0.4, 0.5) is 0 Å². The van der Waals surface area contributed by atoms with E-state index in [1.807, 2.05) is 13.0 Å². The Hall–Kier alpha value is -2.14. The van der Waals surface area contributed by atoms with E-state index in [0.717, 1.165) is 43.1 Å². The van der Waals surface area contributed by atoms with E-state index in [4.69, 9.17) is 0 Å². The third-order valence-corrected chi connectivity index (χ3v) is 5.49. The van der Waals surface area contributed by atoms with Gasteiger partial charge in [-0.3, -0.25) is 9.48 Å². The molecule has 146 valence electrons. The first-order valence-corrected chi connectivity index (χ1v) is 9.92. The summed E-state index contributed by atoms with van der Waals surface area (Å²) < 4.78 is 2.06. The highest BCUT2D eigenvalue weighted by molar-refractivity contribution is 5.80. The molecular weight excluding hydrogens is 336 g/mol. The zero-order chi connectivity index (χ0) is 19.6. The van der Waals surface area contributed by atoms with Crippen LogP contribution in [0.3, 0.4) is 0 Å². The van der Waals surface area contributed by atoms with Crippen molar-refractivity contribution in [2.45, 2.75) is 46.7 Å². The Morgan fingerprint density at radius 2 is 1.89 bits per heavy atom. The lowest BCUT2D eigenvalue weighted by molar-refractivity contribution is -0.135. The molecule has 0 spiro atoms. The lowest BCUT2D eigenvalue weighted by atomic mass is 10.0. The molecule has 0 N–H and O–H groups in total. The molecule has 0 aliphatic carbocycles. The third kappa shape index (κ3) is 4.41. The molecule has 1 unspecified atom stereocenters. The molecule has 0 bridgehead atoms. The lowest BCUT2D eigenvalue weighted by Crippen LogP contribution is -2.49. The summed E-state index contributed by atoms with van der Waals surface area (Å²) in [6.07, 6.45) is 0.433. The van der Waals surface area contributed by atoms with Gasteiger partial charge in [0, 0.05) is 37.4 Å². The monoisotopic (exact) mass is 368 g/mol. The number of benzene rings is 1. The van der Waals surface area contributed by atoms with Crippen LogP contribution in [0.25, 0.3) is 0 Å². The number of carbonyl (C=O) groups is 1. The molecule has 2 heterocycles. The maximum Gasteiger partial charge on any atom is 0.227 e. The summed E-state index contributed by atoms with van der Waals surface area (Å²) in [4.78, 5) is 17.6. The summed E-state index contributed by atoms with van der Waals surface area (Å²) in [5.74, 6) is 0.735. The molecule has 0 radical (unpaired) electrons. The molecule has 1 aromatic carbocycles. The quantitative estimate of drug-likeness (QED) is 0.814. The number of carbonyl (C=O) groups excluding carboxylic acids is 1. The highest BCUT2D eigenvalue weighted by Crippen LogP contribution is 2.26. The van der Waals surface area contributed by atoms with Crippen LogP contribution in [0.5, 0.6) is 0 Å². The predicted octanol–water partition coefficient (Wildman–Crippen LogP) is 3.21. The topological polar surface area (TPSA) is 41.4 Å². The van der Waals surface area contributed by atoms with Gasteiger partial charge in [0.2, 0.25) is 5.91 Å². The normalized spacial score (nSPS) is 18.3. The van der Waals surface area contributed by atoms with Gasteiger partial charge in [-0.2, -0.15) is 5.10 Å². The third-order valence-electron chi connectivity index (χ3n) is 5.49. The molecule has 27 heavy (non-hydrogen) atoms. The fraction of sp³-hybridized carbons (Fsp3) is 0.545. The van der Waals surface area contributed by atoms with Crippen molar-refractivity contribution in [1.82, 2.24) is 19.6 Å². The molecule has 5 heteroatoms. The molecule has 5 nitrogen and oxygen atoms in total. The maximum absolute atomic E-state index is 13.3. The number of nitrogens with zero attached hydrogens (tertiary/aromatic N) is 4. The smallest absolute Gasteiger partial charge is 0.227 e. The first kappa shape index (κ1) is 19.6. The van der Waals surface area contributed by atoms with Crippen LogP contribution in [0, 0.1) is 19.8 Å². The Labute approximate surface area is 163 Å². The minimum absolute atomic E-state index is 0.115. The number of amides is 1. The van der Waals surface area contributed by atoms with Crippen LogP contribution >= 0.6 is 0 Å². The Morgan fingerprint density at radius 1 is 1.19 bits per heavy atom. The van der Waals surface area contributed by atoms with Crippen LogP contribution in [-0.2, 0) is 17.8 Å². The van der Waals surface area contributed by atoms with Crippen LogP contribution in [-0.4, -0.2) is 52.2 Å². The highest BCUT2D eigenvalue weighted by atomic mass is 16.2. The SMILES string of the molecule is Cc1nn(CC(C)C)c(C)c1CC(=O)N1CCN(C)CC1c1ccccc1. The number of aromatic nitrogens is 2. The standard InChI is InChI=1S/C22H32N4O/c1-16(2)14-26-18(4)20(17(3)23-26)13-22(27)25-12-11-24(5)15-21(25)19-9-7-6-8-10-19/h6-10,16,21H,11-15H2,1-5H3. The largest absolute Gasteiger partial charge is 0.333 e. The Kier molecular flexibility index (Phi) is 6.00. The van der Waals surface area contributed by atoms with Gasteiger partial charge in [-0.05, 0) is 32.4 Å². The van der Waals surface area contributed by atoms with Crippen molar-refractivity contribution in [2.75, 3.05) is 26.7 Å². The van der Waals surface area contributed by atoms with Crippen molar-refractivity contribution in [3.05, 3.63) is 52.8 Å². The van der Waals surface area contributed by atoms with Gasteiger partial charge in [0.1, 0.15) is 0 Å². The number of hydrogen-bond acceptors (Lipinski definition) is 3. The predicted molar refractivity (Wildman–Crippen MR) is 109 cm³/mol. The molecule has 1 fully saturated rings. The fourth-order valence-electron chi connectivity index (χ4n) is 3.94.